The molecule has 170 valence electrons. The first-order valence-electron chi connectivity index (χ1n) is 10.1. The van der Waals surface area contributed by atoms with Crippen LogP contribution in [-0.2, 0) is 19.9 Å². The predicted octanol–water partition coefficient (Wildman–Crippen LogP) is 3.04. The van der Waals surface area contributed by atoms with Crippen LogP contribution in [0.5, 0.6) is 5.75 Å². The summed E-state index contributed by atoms with van der Waals surface area (Å²) in [5, 5.41) is 5.82. The van der Waals surface area contributed by atoms with Gasteiger partial charge in [0.25, 0.3) is 5.91 Å². The Morgan fingerprint density at radius 2 is 1.88 bits per heavy atom. The molecule has 3 rings (SSSR count). The Hall–Kier alpha value is -3.40. The highest BCUT2D eigenvalue weighted by Gasteiger charge is 2.51. The first-order valence-corrected chi connectivity index (χ1v) is 10.9. The molecule has 4 amide bonds. The summed E-state index contributed by atoms with van der Waals surface area (Å²) in [7, 11) is 1.54. The topological polar surface area (TPSA) is 114 Å². The molecule has 1 atom stereocenters. The van der Waals surface area contributed by atoms with Gasteiger partial charge < -0.3 is 20.1 Å². The normalized spacial score (nSPS) is 17.8. The fraction of sp³-hybridized carbons (Fsp3) is 0.364. The molecule has 2 aromatic rings. The van der Waals surface area contributed by atoms with Crippen LogP contribution in [0.4, 0.5) is 9.80 Å². The van der Waals surface area contributed by atoms with Crippen molar-refractivity contribution in [1.82, 2.24) is 10.2 Å². The van der Waals surface area contributed by atoms with Crippen molar-refractivity contribution in [2.24, 2.45) is 0 Å². The zero-order valence-electron chi connectivity index (χ0n) is 18.3. The monoisotopic (exact) mass is 459 g/mol. The van der Waals surface area contributed by atoms with Gasteiger partial charge in [-0.2, -0.15) is 0 Å². The average molecular weight is 460 g/mol. The van der Waals surface area contributed by atoms with E-state index >= 15 is 0 Å². The molecule has 0 spiro atoms. The minimum atomic E-state index is -1.25. The molecule has 2 heterocycles. The maximum absolute atomic E-state index is 13.2. The molecule has 2 N–H and O–H groups in total. The van der Waals surface area contributed by atoms with Gasteiger partial charge in [0.15, 0.2) is 0 Å². The van der Waals surface area contributed by atoms with E-state index in [4.69, 9.17) is 9.47 Å². The molecule has 1 aromatic carbocycles. The highest BCUT2D eigenvalue weighted by Crippen LogP contribution is 2.33. The molecule has 0 saturated carbocycles. The number of urea groups is 1. The van der Waals surface area contributed by atoms with Crippen LogP contribution in [0.25, 0.3) is 0 Å². The number of hydrogen-bond donors (Lipinski definition) is 2. The Morgan fingerprint density at radius 1 is 1.19 bits per heavy atom. The molecule has 1 unspecified atom stereocenters. The number of nitrogens with zero attached hydrogens (tertiary/aromatic N) is 1. The van der Waals surface area contributed by atoms with E-state index in [-0.39, 0.29) is 6.61 Å². The van der Waals surface area contributed by atoms with Crippen molar-refractivity contribution in [3.63, 3.8) is 0 Å². The van der Waals surface area contributed by atoms with Gasteiger partial charge in [-0.3, -0.25) is 14.5 Å². The lowest BCUT2D eigenvalue weighted by Crippen LogP contribution is -2.44. The zero-order valence-corrected chi connectivity index (χ0v) is 19.1. The van der Waals surface area contributed by atoms with E-state index in [9.17, 15) is 19.2 Å². The largest absolute Gasteiger partial charge is 0.497 e. The first kappa shape index (κ1) is 23.3. The van der Waals surface area contributed by atoms with Crippen LogP contribution in [0, 0.1) is 6.92 Å². The third kappa shape index (κ3) is 4.31. The summed E-state index contributed by atoms with van der Waals surface area (Å²) in [6.45, 7) is 5.03. The minimum absolute atomic E-state index is 0.247. The molecule has 0 bridgehead atoms. The minimum Gasteiger partial charge on any atom is -0.497 e. The van der Waals surface area contributed by atoms with E-state index in [1.165, 1.54) is 7.11 Å². The van der Waals surface area contributed by atoms with Crippen LogP contribution in [-0.4, -0.2) is 49.0 Å². The summed E-state index contributed by atoms with van der Waals surface area (Å²) in [5.41, 5.74) is 0.0264. The summed E-state index contributed by atoms with van der Waals surface area (Å²) in [5.74, 6) is -0.884. The van der Waals surface area contributed by atoms with Gasteiger partial charge in [0.05, 0.1) is 18.7 Å². The fourth-order valence-corrected chi connectivity index (χ4v) is 4.53. The van der Waals surface area contributed by atoms with E-state index in [1.807, 2.05) is 0 Å². The van der Waals surface area contributed by atoms with Gasteiger partial charge in [0.1, 0.15) is 22.7 Å². The smallest absolute Gasteiger partial charge is 0.348 e. The Balaban J connectivity index is 1.74. The van der Waals surface area contributed by atoms with E-state index in [2.05, 4.69) is 10.6 Å². The predicted molar refractivity (Wildman–Crippen MR) is 119 cm³/mol. The molecule has 10 heteroatoms. The van der Waals surface area contributed by atoms with Crippen LogP contribution in [0.2, 0.25) is 0 Å². The van der Waals surface area contributed by atoms with Crippen molar-refractivity contribution in [3.05, 3.63) is 46.3 Å². The molecular weight excluding hydrogens is 434 g/mol. The van der Waals surface area contributed by atoms with Crippen molar-refractivity contribution >= 4 is 40.2 Å². The molecule has 1 aliphatic rings. The van der Waals surface area contributed by atoms with Crippen molar-refractivity contribution in [1.29, 1.82) is 0 Å². The van der Waals surface area contributed by atoms with Crippen LogP contribution >= 0.6 is 11.3 Å². The number of esters is 1. The molecule has 1 aromatic heterocycles. The number of aryl methyl sites for hydroxylation is 1. The summed E-state index contributed by atoms with van der Waals surface area (Å²) < 4.78 is 10.2. The molecule has 1 saturated heterocycles. The summed E-state index contributed by atoms with van der Waals surface area (Å²) in [6, 6.07) is 7.86. The van der Waals surface area contributed by atoms with Crippen LogP contribution in [0.15, 0.2) is 30.3 Å². The van der Waals surface area contributed by atoms with E-state index in [0.717, 1.165) is 16.2 Å². The van der Waals surface area contributed by atoms with Crippen molar-refractivity contribution < 1.29 is 28.7 Å². The second-order valence-electron chi connectivity index (χ2n) is 7.20. The second kappa shape index (κ2) is 9.39. The van der Waals surface area contributed by atoms with Gasteiger partial charge in [-0.05, 0) is 49.6 Å². The van der Waals surface area contributed by atoms with E-state index < -0.39 is 35.9 Å². The number of methoxy groups -OCH3 is 1. The number of rotatable bonds is 8. The molecule has 0 aliphatic carbocycles. The van der Waals surface area contributed by atoms with Crippen LogP contribution in [0.3, 0.4) is 0 Å². The number of ether oxygens (including phenoxy) is 2. The number of anilines is 1. The molecule has 0 radical (unpaired) electrons. The fourth-order valence-electron chi connectivity index (χ4n) is 3.55. The molecule has 1 aliphatic heterocycles. The Morgan fingerprint density at radius 3 is 2.47 bits per heavy atom. The lowest BCUT2D eigenvalue weighted by Gasteiger charge is -2.25. The van der Waals surface area contributed by atoms with Crippen molar-refractivity contribution in [3.8, 4) is 5.75 Å². The van der Waals surface area contributed by atoms with E-state index in [0.29, 0.717) is 33.2 Å². The van der Waals surface area contributed by atoms with E-state index in [1.54, 1.807) is 51.1 Å². The number of amides is 4. The average Bonchev–Trinajstić information content (AvgIpc) is 3.26. The molecule has 9 nitrogen and oxygen atoms in total. The molecule has 32 heavy (non-hydrogen) atoms. The van der Waals surface area contributed by atoms with Gasteiger partial charge in [0.2, 0.25) is 5.91 Å². The second-order valence-corrected chi connectivity index (χ2v) is 8.25. The number of thiophene rings is 1. The standard InChI is InChI=1S/C22H25N3O6S/c1-5-22(14-7-9-15(30-4)10-8-14)20(28)25(21(29)24-22)12-16(26)23-17-11-13(3)18(32-17)19(27)31-6-2/h7-11H,5-6,12H2,1-4H3,(H,23,26)(H,24,29). The third-order valence-electron chi connectivity index (χ3n) is 5.23. The lowest BCUT2D eigenvalue weighted by atomic mass is 9.87. The number of carbonyl (C=O) groups excluding carboxylic acids is 4. The summed E-state index contributed by atoms with van der Waals surface area (Å²) >= 11 is 1.08. The van der Waals surface area contributed by atoms with Gasteiger partial charge >= 0.3 is 12.0 Å². The Kier molecular flexibility index (Phi) is 6.83. The lowest BCUT2D eigenvalue weighted by molar-refractivity contribution is -0.134. The highest BCUT2D eigenvalue weighted by atomic mass is 32.1. The van der Waals surface area contributed by atoms with Gasteiger partial charge in [-0.25, -0.2) is 9.59 Å². The Bertz CT molecular complexity index is 1050. The maximum Gasteiger partial charge on any atom is 0.348 e. The zero-order chi connectivity index (χ0) is 23.5. The van der Waals surface area contributed by atoms with Gasteiger partial charge in [-0.15, -0.1) is 11.3 Å². The number of hydrogen-bond acceptors (Lipinski definition) is 7. The number of carbonyl (C=O) groups is 4. The summed E-state index contributed by atoms with van der Waals surface area (Å²) in [6.07, 6.45) is 0.315. The summed E-state index contributed by atoms with van der Waals surface area (Å²) in [4.78, 5) is 51.6. The maximum atomic E-state index is 13.2. The Labute approximate surface area is 189 Å². The van der Waals surface area contributed by atoms with Gasteiger partial charge in [0, 0.05) is 0 Å². The molecular formula is C22H25N3O6S. The van der Waals surface area contributed by atoms with Crippen molar-refractivity contribution in [2.75, 3.05) is 25.6 Å². The van der Waals surface area contributed by atoms with Crippen LogP contribution in [0.1, 0.15) is 41.1 Å². The van der Waals surface area contributed by atoms with Crippen LogP contribution < -0.4 is 15.4 Å². The quantitative estimate of drug-likeness (QED) is 0.463. The third-order valence-corrected chi connectivity index (χ3v) is 6.36. The van der Waals surface area contributed by atoms with Gasteiger partial charge in [-0.1, -0.05) is 19.1 Å². The SMILES string of the molecule is CCOC(=O)c1sc(NC(=O)CN2C(=O)NC(CC)(c3ccc(OC)cc3)C2=O)cc1C. The number of nitrogens with one attached hydrogen (secondary N) is 2. The number of benzene rings is 1. The van der Waals surface area contributed by atoms with Crippen molar-refractivity contribution in [2.45, 2.75) is 32.7 Å². The first-order chi connectivity index (χ1) is 15.2. The number of imide groups is 1. The molecule has 1 fully saturated rings. The highest BCUT2D eigenvalue weighted by molar-refractivity contribution is 7.18.